The molecule has 0 aromatic heterocycles. The number of carbonyl (C=O) groups is 2. The lowest BCUT2D eigenvalue weighted by Crippen LogP contribution is -2.24. The van der Waals surface area contributed by atoms with Gasteiger partial charge in [-0.1, -0.05) is 28.5 Å². The molecule has 0 heterocycles. The maximum atomic E-state index is 11.1. The Kier molecular flexibility index (Phi) is 12.3. The first-order chi connectivity index (χ1) is 8.70. The minimum atomic E-state index is -0.0718. The van der Waals surface area contributed by atoms with Crippen molar-refractivity contribution in [2.24, 2.45) is 5.10 Å². The van der Waals surface area contributed by atoms with Crippen LogP contribution in [-0.4, -0.2) is 36.1 Å². The maximum Gasteiger partial charge on any atom is 0.240 e. The van der Waals surface area contributed by atoms with E-state index in [2.05, 4.69) is 15.8 Å². The number of nitrogens with one attached hydrogen (secondary N) is 2. The zero-order valence-corrected chi connectivity index (χ0v) is 12.5. The van der Waals surface area contributed by atoms with Crippen LogP contribution in [0, 0.1) is 0 Å². The second kappa shape index (κ2) is 12.8. The van der Waals surface area contributed by atoms with E-state index < -0.39 is 0 Å². The molecule has 0 unspecified atom stereocenters. The summed E-state index contributed by atoms with van der Waals surface area (Å²) in [4.78, 5) is 22.3. The van der Waals surface area contributed by atoms with E-state index in [1.54, 1.807) is 34.7 Å². The maximum absolute atomic E-state index is 11.1. The topological polar surface area (TPSA) is 70.6 Å². The molecule has 104 valence electrons. The van der Waals surface area contributed by atoms with Crippen LogP contribution in [0.3, 0.4) is 0 Å². The number of hydrogen-bond donors (Lipinski definition) is 2. The third kappa shape index (κ3) is 11.8. The molecule has 0 radical (unpaired) electrons. The summed E-state index contributed by atoms with van der Waals surface area (Å²) in [6, 6.07) is 0. The standard InChI is InChI=1S/C11H21N3O2S2/c1-3-5-10(15)12-7-9-18-17-8-6-11(16)14-13-4-2/h4H,3,5-9H2,1-2H3,(H,12,15)(H,14,16)/b13-4-. The van der Waals surface area contributed by atoms with Crippen molar-refractivity contribution >= 4 is 39.6 Å². The molecule has 0 aromatic carbocycles. The predicted molar refractivity (Wildman–Crippen MR) is 79.8 cm³/mol. The fourth-order valence-electron chi connectivity index (χ4n) is 0.992. The Morgan fingerprint density at radius 3 is 2.56 bits per heavy atom. The van der Waals surface area contributed by atoms with E-state index in [1.807, 2.05) is 6.92 Å². The van der Waals surface area contributed by atoms with Gasteiger partial charge in [0.1, 0.15) is 0 Å². The molecule has 0 saturated heterocycles. The molecule has 0 aliphatic heterocycles. The molecule has 0 fully saturated rings. The van der Waals surface area contributed by atoms with E-state index in [0.717, 1.165) is 17.9 Å². The van der Waals surface area contributed by atoms with Gasteiger partial charge < -0.3 is 5.32 Å². The lowest BCUT2D eigenvalue weighted by Gasteiger charge is -2.03. The van der Waals surface area contributed by atoms with E-state index in [0.29, 0.717) is 19.4 Å². The van der Waals surface area contributed by atoms with Crippen LogP contribution in [-0.2, 0) is 9.59 Å². The zero-order chi connectivity index (χ0) is 13.6. The molecule has 5 nitrogen and oxygen atoms in total. The van der Waals surface area contributed by atoms with Gasteiger partial charge in [-0.25, -0.2) is 5.43 Å². The fourth-order valence-corrected chi connectivity index (χ4v) is 2.89. The summed E-state index contributed by atoms with van der Waals surface area (Å²) in [7, 11) is 3.30. The van der Waals surface area contributed by atoms with Gasteiger partial charge in [0.2, 0.25) is 11.8 Å². The van der Waals surface area contributed by atoms with Gasteiger partial charge in [0, 0.05) is 37.1 Å². The van der Waals surface area contributed by atoms with Crippen molar-refractivity contribution in [2.75, 3.05) is 18.1 Å². The molecule has 18 heavy (non-hydrogen) atoms. The number of hydrogen-bond acceptors (Lipinski definition) is 5. The van der Waals surface area contributed by atoms with Crippen LogP contribution in [0.25, 0.3) is 0 Å². The summed E-state index contributed by atoms with van der Waals surface area (Å²) in [6.45, 7) is 4.42. The van der Waals surface area contributed by atoms with Gasteiger partial charge >= 0.3 is 0 Å². The second-order valence-corrected chi connectivity index (χ2v) is 6.12. The Morgan fingerprint density at radius 1 is 1.17 bits per heavy atom. The van der Waals surface area contributed by atoms with E-state index in [1.165, 1.54) is 0 Å². The smallest absolute Gasteiger partial charge is 0.240 e. The largest absolute Gasteiger partial charge is 0.355 e. The van der Waals surface area contributed by atoms with Crippen LogP contribution in [0.1, 0.15) is 33.1 Å². The molecule has 2 N–H and O–H groups in total. The Hall–Kier alpha value is -0.690. The number of hydrazone groups is 1. The van der Waals surface area contributed by atoms with Crippen molar-refractivity contribution in [1.29, 1.82) is 0 Å². The highest BCUT2D eigenvalue weighted by atomic mass is 33.1. The van der Waals surface area contributed by atoms with Crippen molar-refractivity contribution in [3.05, 3.63) is 0 Å². The van der Waals surface area contributed by atoms with E-state index >= 15 is 0 Å². The lowest BCUT2D eigenvalue weighted by molar-refractivity contribution is -0.121. The molecule has 0 spiro atoms. The van der Waals surface area contributed by atoms with Crippen LogP contribution in [0.2, 0.25) is 0 Å². The van der Waals surface area contributed by atoms with Gasteiger partial charge in [-0.3, -0.25) is 9.59 Å². The average molecular weight is 291 g/mol. The minimum Gasteiger partial charge on any atom is -0.355 e. The van der Waals surface area contributed by atoms with Gasteiger partial charge in [-0.2, -0.15) is 5.10 Å². The van der Waals surface area contributed by atoms with Gasteiger partial charge in [-0.15, -0.1) is 0 Å². The third-order valence-electron chi connectivity index (χ3n) is 1.80. The molecular weight excluding hydrogens is 270 g/mol. The van der Waals surface area contributed by atoms with Gasteiger partial charge in [-0.05, 0) is 13.3 Å². The van der Waals surface area contributed by atoms with Crippen molar-refractivity contribution in [3.8, 4) is 0 Å². The van der Waals surface area contributed by atoms with E-state index in [-0.39, 0.29) is 11.8 Å². The van der Waals surface area contributed by atoms with Crippen molar-refractivity contribution in [3.63, 3.8) is 0 Å². The highest BCUT2D eigenvalue weighted by molar-refractivity contribution is 8.76. The number of rotatable bonds is 10. The van der Waals surface area contributed by atoms with Crippen molar-refractivity contribution in [2.45, 2.75) is 33.1 Å². The number of nitrogens with zero attached hydrogens (tertiary/aromatic N) is 1. The average Bonchev–Trinajstić information content (AvgIpc) is 2.35. The first-order valence-corrected chi connectivity index (χ1v) is 8.47. The Labute approximate surface area is 116 Å². The first kappa shape index (κ1) is 17.3. The minimum absolute atomic E-state index is 0.0718. The van der Waals surface area contributed by atoms with Crippen LogP contribution in [0.15, 0.2) is 5.10 Å². The number of amides is 2. The van der Waals surface area contributed by atoms with Crippen LogP contribution in [0.4, 0.5) is 0 Å². The zero-order valence-electron chi connectivity index (χ0n) is 10.9. The Morgan fingerprint density at radius 2 is 1.89 bits per heavy atom. The third-order valence-corrected chi connectivity index (χ3v) is 4.21. The summed E-state index contributed by atoms with van der Waals surface area (Å²) in [5.74, 6) is 1.64. The van der Waals surface area contributed by atoms with Crippen LogP contribution < -0.4 is 10.7 Å². The number of carbonyl (C=O) groups excluding carboxylic acids is 2. The monoisotopic (exact) mass is 291 g/mol. The second-order valence-electron chi connectivity index (χ2n) is 3.42. The van der Waals surface area contributed by atoms with E-state index in [9.17, 15) is 9.59 Å². The van der Waals surface area contributed by atoms with Gasteiger partial charge in [0.05, 0.1) is 0 Å². The summed E-state index contributed by atoms with van der Waals surface area (Å²) >= 11 is 0. The summed E-state index contributed by atoms with van der Waals surface area (Å²) < 4.78 is 0. The Bertz CT molecular complexity index is 273. The van der Waals surface area contributed by atoms with Crippen LogP contribution >= 0.6 is 21.6 Å². The predicted octanol–water partition coefficient (Wildman–Crippen LogP) is 1.80. The molecule has 0 aliphatic rings. The molecule has 0 aliphatic carbocycles. The highest BCUT2D eigenvalue weighted by Gasteiger charge is 2.00. The van der Waals surface area contributed by atoms with E-state index in [4.69, 9.17) is 0 Å². The molecule has 0 aromatic rings. The SMILES string of the molecule is C/C=N\NC(=O)CCSSCCNC(=O)CCC. The highest BCUT2D eigenvalue weighted by Crippen LogP contribution is 2.20. The van der Waals surface area contributed by atoms with Gasteiger partial charge in [0.15, 0.2) is 0 Å². The summed E-state index contributed by atoms with van der Waals surface area (Å²) in [5, 5.41) is 6.49. The van der Waals surface area contributed by atoms with Crippen molar-refractivity contribution < 1.29 is 9.59 Å². The summed E-state index contributed by atoms with van der Waals surface area (Å²) in [5.41, 5.74) is 2.41. The fraction of sp³-hybridized carbons (Fsp3) is 0.727. The molecule has 2 amide bonds. The lowest BCUT2D eigenvalue weighted by atomic mass is 10.3. The molecule has 0 saturated carbocycles. The summed E-state index contributed by atoms with van der Waals surface area (Å²) in [6.07, 6.45) is 3.47. The molecular formula is C11H21N3O2S2. The first-order valence-electron chi connectivity index (χ1n) is 5.98. The van der Waals surface area contributed by atoms with Crippen LogP contribution in [0.5, 0.6) is 0 Å². The molecule has 0 atom stereocenters. The van der Waals surface area contributed by atoms with Gasteiger partial charge in [0.25, 0.3) is 0 Å². The molecule has 0 rings (SSSR count). The quantitative estimate of drug-likeness (QED) is 0.279. The Balaban J connectivity index is 3.25. The molecule has 0 bridgehead atoms. The molecule has 7 heteroatoms. The normalized spacial score (nSPS) is 10.6. The van der Waals surface area contributed by atoms with Crippen molar-refractivity contribution in [1.82, 2.24) is 10.7 Å².